The third kappa shape index (κ3) is 7.77. The summed E-state index contributed by atoms with van der Waals surface area (Å²) in [4.78, 5) is 27.6. The molecule has 0 aliphatic heterocycles. The molecule has 0 saturated carbocycles. The molecule has 0 aliphatic carbocycles. The molecule has 3 atom stereocenters. The Morgan fingerprint density at radius 2 is 1.64 bits per heavy atom. The zero-order valence-electron chi connectivity index (χ0n) is 22.1. The highest BCUT2D eigenvalue weighted by Crippen LogP contribution is 2.31. The van der Waals surface area contributed by atoms with Gasteiger partial charge in [0.1, 0.15) is 17.6 Å². The Labute approximate surface area is 213 Å². The van der Waals surface area contributed by atoms with E-state index in [1.807, 2.05) is 40.7 Å². The van der Waals surface area contributed by atoms with Gasteiger partial charge in [0.25, 0.3) is 0 Å². The largest absolute Gasteiger partial charge is 0.508 e. The van der Waals surface area contributed by atoms with Crippen molar-refractivity contribution in [3.63, 3.8) is 0 Å². The molecule has 0 radical (unpaired) electrons. The second kappa shape index (κ2) is 12.3. The number of nitrogens with one attached hydrogen (secondary N) is 1. The van der Waals surface area contributed by atoms with Gasteiger partial charge in [0, 0.05) is 7.05 Å². The highest BCUT2D eigenvalue weighted by molar-refractivity contribution is 5.90. The van der Waals surface area contributed by atoms with E-state index >= 15 is 0 Å². The molecule has 0 unspecified atom stereocenters. The maximum absolute atomic E-state index is 13.3. The van der Waals surface area contributed by atoms with Crippen LogP contribution in [0.5, 0.6) is 5.75 Å². The molecule has 8 heteroatoms. The van der Waals surface area contributed by atoms with Crippen LogP contribution in [0.15, 0.2) is 42.5 Å². The Kier molecular flexibility index (Phi) is 10.0. The Balaban J connectivity index is 2.12. The second-order valence-corrected chi connectivity index (χ2v) is 10.8. The van der Waals surface area contributed by atoms with Gasteiger partial charge in [-0.25, -0.2) is 4.39 Å². The number of aliphatic hydroxyl groups excluding tert-OH is 1. The molecule has 2 rings (SSSR count). The van der Waals surface area contributed by atoms with E-state index in [1.54, 1.807) is 31.3 Å². The predicted molar refractivity (Wildman–Crippen MR) is 139 cm³/mol. The molecule has 0 aliphatic rings. The Bertz CT molecular complexity index is 1030. The van der Waals surface area contributed by atoms with Gasteiger partial charge < -0.3 is 26.2 Å². The Morgan fingerprint density at radius 3 is 2.17 bits per heavy atom. The lowest BCUT2D eigenvalue weighted by molar-refractivity contribution is -0.141. The SMILES string of the molecule is CC(C)[C@@H](C(=O)N[C@H](CO)Cc1ccc(O)c(C(C)(C)C)c1)N(C)C(=O)[C@@H](N)Cc1ccc(F)cc1. The first-order valence-corrected chi connectivity index (χ1v) is 12.2. The number of phenolic OH excluding ortho intramolecular Hbond substituents is 1. The number of likely N-dealkylation sites (N-methyl/N-ethyl adjacent to an activating group) is 1. The number of nitrogens with two attached hydrogens (primary N) is 1. The van der Waals surface area contributed by atoms with E-state index < -0.39 is 24.0 Å². The summed E-state index contributed by atoms with van der Waals surface area (Å²) in [6.45, 7) is 9.38. The van der Waals surface area contributed by atoms with Crippen molar-refractivity contribution < 1.29 is 24.2 Å². The first kappa shape index (κ1) is 29.3. The number of phenols is 1. The fraction of sp³-hybridized carbons (Fsp3) is 0.500. The van der Waals surface area contributed by atoms with Crippen molar-refractivity contribution in [2.45, 2.75) is 71.0 Å². The molecule has 0 aromatic heterocycles. The number of nitrogens with zero attached hydrogens (tertiary/aromatic N) is 1. The first-order valence-electron chi connectivity index (χ1n) is 12.2. The fourth-order valence-electron chi connectivity index (χ4n) is 4.33. The molecule has 2 amide bonds. The number of aliphatic hydroxyl groups is 1. The summed E-state index contributed by atoms with van der Waals surface area (Å²) in [7, 11) is 1.54. The molecule has 2 aromatic rings. The number of hydrogen-bond donors (Lipinski definition) is 4. The number of carbonyl (C=O) groups excluding carboxylic acids is 2. The summed E-state index contributed by atoms with van der Waals surface area (Å²) in [5.41, 5.74) is 8.24. The minimum atomic E-state index is -0.893. The van der Waals surface area contributed by atoms with E-state index in [1.165, 1.54) is 17.0 Å². The van der Waals surface area contributed by atoms with Crippen molar-refractivity contribution in [1.82, 2.24) is 10.2 Å². The van der Waals surface area contributed by atoms with Gasteiger partial charge in [-0.15, -0.1) is 0 Å². The van der Waals surface area contributed by atoms with Crippen molar-refractivity contribution >= 4 is 11.8 Å². The van der Waals surface area contributed by atoms with Crippen molar-refractivity contribution in [3.8, 4) is 5.75 Å². The van der Waals surface area contributed by atoms with Crippen molar-refractivity contribution in [2.24, 2.45) is 11.7 Å². The van der Waals surface area contributed by atoms with Crippen molar-refractivity contribution in [3.05, 3.63) is 65.0 Å². The fourth-order valence-corrected chi connectivity index (χ4v) is 4.33. The zero-order valence-corrected chi connectivity index (χ0v) is 22.1. The standard InChI is InChI=1S/C28H40FN3O4/c1-17(2)25(32(6)27(36)23(30)15-18-7-10-20(29)11-8-18)26(35)31-21(16-33)13-19-9-12-24(34)22(14-19)28(3,4)5/h7-12,14,17,21,23,25,33-34H,13,15-16,30H2,1-6H3,(H,31,35)/t21-,23-,25-/m0/s1. The van der Waals surface area contributed by atoms with Crippen LogP contribution in [0.25, 0.3) is 0 Å². The Hall–Kier alpha value is -2.97. The quantitative estimate of drug-likeness (QED) is 0.400. The van der Waals surface area contributed by atoms with Crippen LogP contribution in [0.2, 0.25) is 0 Å². The van der Waals surface area contributed by atoms with Gasteiger partial charge in [0.15, 0.2) is 0 Å². The average molecular weight is 502 g/mol. The van der Waals surface area contributed by atoms with Gasteiger partial charge in [-0.05, 0) is 59.1 Å². The number of carbonyl (C=O) groups is 2. The minimum absolute atomic E-state index is 0.202. The van der Waals surface area contributed by atoms with Crippen LogP contribution in [0.1, 0.15) is 51.3 Å². The lowest BCUT2D eigenvalue weighted by Crippen LogP contribution is -2.56. The lowest BCUT2D eigenvalue weighted by atomic mass is 9.85. The Morgan fingerprint density at radius 1 is 1.06 bits per heavy atom. The molecule has 0 bridgehead atoms. The smallest absolute Gasteiger partial charge is 0.243 e. The molecule has 7 nitrogen and oxygen atoms in total. The number of halogens is 1. The second-order valence-electron chi connectivity index (χ2n) is 10.8. The average Bonchev–Trinajstić information content (AvgIpc) is 2.79. The molecule has 0 fully saturated rings. The van der Waals surface area contributed by atoms with Crippen LogP contribution >= 0.6 is 0 Å². The van der Waals surface area contributed by atoms with E-state index in [2.05, 4.69) is 5.32 Å². The van der Waals surface area contributed by atoms with Gasteiger partial charge in [-0.2, -0.15) is 0 Å². The van der Waals surface area contributed by atoms with Crippen LogP contribution in [0.3, 0.4) is 0 Å². The number of rotatable bonds is 10. The molecule has 5 N–H and O–H groups in total. The van der Waals surface area contributed by atoms with Crippen LogP contribution in [0, 0.1) is 11.7 Å². The maximum atomic E-state index is 13.3. The van der Waals surface area contributed by atoms with E-state index in [0.717, 1.165) is 16.7 Å². The summed E-state index contributed by atoms with van der Waals surface area (Å²) in [5.74, 6) is -1.16. The predicted octanol–water partition coefficient (Wildman–Crippen LogP) is 2.90. The van der Waals surface area contributed by atoms with Crippen LogP contribution in [0.4, 0.5) is 4.39 Å². The summed E-state index contributed by atoms with van der Waals surface area (Å²) in [6, 6.07) is 8.79. The van der Waals surface area contributed by atoms with E-state index in [-0.39, 0.29) is 41.8 Å². The lowest BCUT2D eigenvalue weighted by Gasteiger charge is -2.33. The topological polar surface area (TPSA) is 116 Å². The maximum Gasteiger partial charge on any atom is 0.243 e. The number of amides is 2. The van der Waals surface area contributed by atoms with Crippen LogP contribution in [-0.4, -0.2) is 58.7 Å². The number of hydrogen-bond acceptors (Lipinski definition) is 5. The third-order valence-corrected chi connectivity index (χ3v) is 6.27. The van der Waals surface area contributed by atoms with E-state index in [9.17, 15) is 24.2 Å². The highest BCUT2D eigenvalue weighted by atomic mass is 19.1. The zero-order chi connectivity index (χ0) is 27.2. The van der Waals surface area contributed by atoms with Gasteiger partial charge in [0.2, 0.25) is 11.8 Å². The summed E-state index contributed by atoms with van der Waals surface area (Å²) in [5, 5.41) is 23.1. The van der Waals surface area contributed by atoms with Gasteiger partial charge >= 0.3 is 0 Å². The molecule has 0 saturated heterocycles. The van der Waals surface area contributed by atoms with E-state index in [4.69, 9.17) is 5.73 Å². The molecular weight excluding hydrogens is 461 g/mol. The van der Waals surface area contributed by atoms with Crippen molar-refractivity contribution in [1.29, 1.82) is 0 Å². The number of aromatic hydroxyl groups is 1. The van der Waals surface area contributed by atoms with Gasteiger partial charge in [-0.3, -0.25) is 9.59 Å². The van der Waals surface area contributed by atoms with E-state index in [0.29, 0.717) is 6.42 Å². The van der Waals surface area contributed by atoms with Gasteiger partial charge in [-0.1, -0.05) is 58.9 Å². The highest BCUT2D eigenvalue weighted by Gasteiger charge is 2.33. The van der Waals surface area contributed by atoms with Crippen LogP contribution < -0.4 is 11.1 Å². The molecule has 2 aromatic carbocycles. The van der Waals surface area contributed by atoms with Gasteiger partial charge in [0.05, 0.1) is 18.7 Å². The van der Waals surface area contributed by atoms with Crippen LogP contribution in [-0.2, 0) is 27.8 Å². The normalized spacial score (nSPS) is 14.3. The molecule has 0 spiro atoms. The summed E-state index contributed by atoms with van der Waals surface area (Å²) < 4.78 is 13.2. The molecule has 198 valence electrons. The molecular formula is C28H40FN3O4. The first-order chi connectivity index (χ1) is 16.7. The minimum Gasteiger partial charge on any atom is -0.508 e. The molecule has 36 heavy (non-hydrogen) atoms. The third-order valence-electron chi connectivity index (χ3n) is 6.27. The summed E-state index contributed by atoms with van der Waals surface area (Å²) in [6.07, 6.45) is 0.574. The monoisotopic (exact) mass is 501 g/mol. The number of benzene rings is 2. The van der Waals surface area contributed by atoms with Crippen molar-refractivity contribution in [2.75, 3.05) is 13.7 Å². The molecule has 0 heterocycles. The summed E-state index contributed by atoms with van der Waals surface area (Å²) >= 11 is 0.